The molecule has 0 radical (unpaired) electrons. The number of hydrogen-bond donors (Lipinski definition) is 2. The van der Waals surface area contributed by atoms with Crippen molar-refractivity contribution in [2.45, 2.75) is 66.8 Å². The molecule has 6 nitrogen and oxygen atoms in total. The predicted octanol–water partition coefficient (Wildman–Crippen LogP) is 3.17. The Morgan fingerprint density at radius 1 is 1.04 bits per heavy atom. The lowest BCUT2D eigenvalue weighted by molar-refractivity contribution is 0.222. The lowest BCUT2D eigenvalue weighted by Gasteiger charge is -2.30. The molecule has 0 aliphatic rings. The zero-order valence-corrected chi connectivity index (χ0v) is 17.7. The molecule has 1 aromatic rings. The number of nitrogens with zero attached hydrogens (tertiary/aromatic N) is 4. The van der Waals surface area contributed by atoms with Gasteiger partial charge >= 0.3 is 0 Å². The van der Waals surface area contributed by atoms with Gasteiger partial charge in [-0.3, -0.25) is 0 Å². The minimum Gasteiger partial charge on any atom is -0.367 e. The molecule has 0 fully saturated rings. The molecular weight excluding hydrogens is 312 g/mol. The molecule has 25 heavy (non-hydrogen) atoms. The lowest BCUT2D eigenvalue weighted by atomic mass is 9.88. The van der Waals surface area contributed by atoms with E-state index in [9.17, 15) is 0 Å². The molecule has 0 aliphatic heterocycles. The summed E-state index contributed by atoms with van der Waals surface area (Å²) >= 11 is 0. The van der Waals surface area contributed by atoms with E-state index in [1.807, 2.05) is 10.9 Å². The Balaban J connectivity index is 2.39. The second kappa shape index (κ2) is 8.49. The summed E-state index contributed by atoms with van der Waals surface area (Å²) in [6, 6.07) is 0. The van der Waals surface area contributed by atoms with Crippen molar-refractivity contribution in [2.75, 3.05) is 38.5 Å². The van der Waals surface area contributed by atoms with Crippen LogP contribution in [0.3, 0.4) is 0 Å². The molecule has 0 bridgehead atoms. The molecule has 0 saturated heterocycles. The second-order valence-corrected chi connectivity index (χ2v) is 9.91. The number of anilines is 1. The van der Waals surface area contributed by atoms with Gasteiger partial charge in [-0.15, -0.1) is 5.10 Å². The maximum absolute atomic E-state index is 5.82. The third kappa shape index (κ3) is 8.19. The van der Waals surface area contributed by atoms with Gasteiger partial charge in [0.05, 0.1) is 11.7 Å². The van der Waals surface area contributed by atoms with Crippen LogP contribution in [0.1, 0.15) is 61.3 Å². The Morgan fingerprint density at radius 2 is 1.60 bits per heavy atom. The molecule has 1 aromatic heterocycles. The second-order valence-electron chi connectivity index (χ2n) is 9.91. The van der Waals surface area contributed by atoms with Crippen LogP contribution in [0, 0.1) is 10.8 Å². The van der Waals surface area contributed by atoms with Gasteiger partial charge in [-0.1, -0.05) is 32.9 Å². The summed E-state index contributed by atoms with van der Waals surface area (Å²) in [7, 11) is 2.20. The Bertz CT molecular complexity index is 512. The van der Waals surface area contributed by atoms with Crippen LogP contribution in [0.5, 0.6) is 0 Å². The van der Waals surface area contributed by atoms with Crippen molar-refractivity contribution in [3.63, 3.8) is 0 Å². The summed E-state index contributed by atoms with van der Waals surface area (Å²) in [5.41, 5.74) is 6.20. The fraction of sp³-hybridized carbons (Fsp3) is 0.895. The van der Waals surface area contributed by atoms with Crippen molar-refractivity contribution < 1.29 is 0 Å². The van der Waals surface area contributed by atoms with Gasteiger partial charge in [-0.05, 0) is 71.1 Å². The molecule has 0 atom stereocenters. The summed E-state index contributed by atoms with van der Waals surface area (Å²) in [6.45, 7) is 19.2. The zero-order valence-electron chi connectivity index (χ0n) is 17.7. The fourth-order valence-electron chi connectivity index (χ4n) is 2.29. The van der Waals surface area contributed by atoms with Crippen LogP contribution in [0.2, 0.25) is 0 Å². The molecule has 1 rings (SSSR count). The van der Waals surface area contributed by atoms with Crippen LogP contribution in [0.4, 0.5) is 5.82 Å². The third-order valence-corrected chi connectivity index (χ3v) is 4.82. The first-order valence-electron chi connectivity index (χ1n) is 9.40. The molecule has 0 aromatic carbocycles. The van der Waals surface area contributed by atoms with E-state index in [4.69, 9.17) is 5.73 Å². The van der Waals surface area contributed by atoms with Gasteiger partial charge in [0.1, 0.15) is 0 Å². The average Bonchev–Trinajstić information content (AvgIpc) is 2.99. The van der Waals surface area contributed by atoms with Crippen molar-refractivity contribution >= 4 is 5.82 Å². The Hall–Kier alpha value is -1.14. The topological polar surface area (TPSA) is 72.0 Å². The molecule has 0 aliphatic carbocycles. The number of rotatable bonds is 10. The molecule has 1 heterocycles. The van der Waals surface area contributed by atoms with E-state index < -0.39 is 0 Å². The highest BCUT2D eigenvalue weighted by Crippen LogP contribution is 2.23. The van der Waals surface area contributed by atoms with Crippen LogP contribution in [-0.2, 0) is 5.54 Å². The van der Waals surface area contributed by atoms with Crippen molar-refractivity contribution in [1.29, 1.82) is 0 Å². The van der Waals surface area contributed by atoms with Gasteiger partial charge in [0.15, 0.2) is 5.82 Å². The molecule has 0 saturated carbocycles. The van der Waals surface area contributed by atoms with Gasteiger partial charge in [0.25, 0.3) is 0 Å². The number of nitrogens with one attached hydrogen (secondary N) is 1. The predicted molar refractivity (Wildman–Crippen MR) is 107 cm³/mol. The number of nitrogens with two attached hydrogens (primary N) is 1. The summed E-state index contributed by atoms with van der Waals surface area (Å²) in [4.78, 5) is 2.41. The van der Waals surface area contributed by atoms with Crippen LogP contribution >= 0.6 is 0 Å². The van der Waals surface area contributed by atoms with E-state index in [1.54, 1.807) is 0 Å². The smallest absolute Gasteiger partial charge is 0.168 e. The molecule has 0 spiro atoms. The summed E-state index contributed by atoms with van der Waals surface area (Å²) < 4.78 is 1.90. The Labute approximate surface area is 154 Å². The minimum absolute atomic E-state index is 0.0392. The first kappa shape index (κ1) is 21.9. The molecule has 6 heteroatoms. The highest BCUT2D eigenvalue weighted by molar-refractivity contribution is 5.30. The van der Waals surface area contributed by atoms with Crippen LogP contribution in [-0.4, -0.2) is 53.1 Å². The van der Waals surface area contributed by atoms with Crippen LogP contribution < -0.4 is 11.1 Å². The number of aromatic nitrogens is 3. The quantitative estimate of drug-likeness (QED) is 0.677. The standard InChI is InChI=1S/C19H40N6/c1-17(2,3)25-13-16(22-23-25)21-15-19(6,7)10-12-24(8)11-9-18(4,5)14-20/h13,21H,9-12,14-15,20H2,1-8H3. The zero-order chi connectivity index (χ0) is 19.3. The maximum Gasteiger partial charge on any atom is 0.168 e. The van der Waals surface area contributed by atoms with E-state index in [0.29, 0.717) is 0 Å². The largest absolute Gasteiger partial charge is 0.367 e. The first-order chi connectivity index (χ1) is 11.3. The monoisotopic (exact) mass is 352 g/mol. The summed E-state index contributed by atoms with van der Waals surface area (Å²) in [5.74, 6) is 0.848. The first-order valence-corrected chi connectivity index (χ1v) is 9.40. The molecule has 3 N–H and O–H groups in total. The van der Waals surface area contributed by atoms with Gasteiger partial charge in [-0.2, -0.15) is 0 Å². The molecular formula is C19H40N6. The average molecular weight is 353 g/mol. The van der Waals surface area contributed by atoms with Crippen LogP contribution in [0.15, 0.2) is 6.20 Å². The molecule has 0 unspecified atom stereocenters. The van der Waals surface area contributed by atoms with Crippen LogP contribution in [0.25, 0.3) is 0 Å². The van der Waals surface area contributed by atoms with E-state index >= 15 is 0 Å². The van der Waals surface area contributed by atoms with Gasteiger partial charge in [-0.25, -0.2) is 4.68 Å². The summed E-state index contributed by atoms with van der Waals surface area (Å²) in [6.07, 6.45) is 4.25. The Kier molecular flexibility index (Phi) is 7.44. The van der Waals surface area contributed by atoms with Crippen molar-refractivity contribution in [3.05, 3.63) is 6.20 Å². The van der Waals surface area contributed by atoms with Crippen molar-refractivity contribution in [1.82, 2.24) is 19.9 Å². The van der Waals surface area contributed by atoms with Crippen molar-refractivity contribution in [3.8, 4) is 0 Å². The lowest BCUT2D eigenvalue weighted by Crippen LogP contribution is -2.33. The minimum atomic E-state index is -0.0392. The van der Waals surface area contributed by atoms with E-state index in [0.717, 1.165) is 44.8 Å². The van der Waals surface area contributed by atoms with Gasteiger partial charge in [0, 0.05) is 6.54 Å². The Morgan fingerprint density at radius 3 is 2.08 bits per heavy atom. The fourth-order valence-corrected chi connectivity index (χ4v) is 2.29. The third-order valence-electron chi connectivity index (χ3n) is 4.82. The number of hydrogen-bond acceptors (Lipinski definition) is 5. The molecule has 146 valence electrons. The van der Waals surface area contributed by atoms with Gasteiger partial charge < -0.3 is 16.0 Å². The summed E-state index contributed by atoms with van der Waals surface area (Å²) in [5, 5.41) is 11.9. The normalized spacial score (nSPS) is 13.5. The van der Waals surface area contributed by atoms with E-state index in [1.165, 1.54) is 0 Å². The van der Waals surface area contributed by atoms with Gasteiger partial charge in [0.2, 0.25) is 0 Å². The highest BCUT2D eigenvalue weighted by atomic mass is 15.5. The van der Waals surface area contributed by atoms with E-state index in [-0.39, 0.29) is 16.4 Å². The maximum atomic E-state index is 5.82. The SMILES string of the molecule is CN(CCC(C)(C)CN)CCC(C)(C)CNc1cn(C(C)(C)C)nn1. The van der Waals surface area contributed by atoms with E-state index in [2.05, 4.69) is 76.0 Å². The van der Waals surface area contributed by atoms with Crippen molar-refractivity contribution in [2.24, 2.45) is 16.6 Å². The highest BCUT2D eigenvalue weighted by Gasteiger charge is 2.21. The molecule has 0 amide bonds.